The molecule has 1 aliphatic heterocycles. The molecule has 0 bridgehead atoms. The van der Waals surface area contributed by atoms with Gasteiger partial charge in [-0.2, -0.15) is 0 Å². The van der Waals surface area contributed by atoms with Crippen LogP contribution in [0.15, 0.2) is 12.2 Å². The summed E-state index contributed by atoms with van der Waals surface area (Å²) in [6.07, 6.45) is 9.49. The van der Waals surface area contributed by atoms with Crippen LogP contribution in [0.25, 0.3) is 0 Å². The van der Waals surface area contributed by atoms with Gasteiger partial charge in [0.15, 0.2) is 5.79 Å². The lowest BCUT2D eigenvalue weighted by atomic mass is 9.81. The number of aliphatic hydroxyl groups excluding tert-OH is 4. The van der Waals surface area contributed by atoms with Gasteiger partial charge >= 0.3 is 5.97 Å². The van der Waals surface area contributed by atoms with Gasteiger partial charge in [0.05, 0.1) is 18.8 Å². The van der Waals surface area contributed by atoms with Crippen LogP contribution in [0.4, 0.5) is 0 Å². The van der Waals surface area contributed by atoms with Crippen molar-refractivity contribution in [1.29, 1.82) is 0 Å². The Morgan fingerprint density at radius 1 is 1.03 bits per heavy atom. The Morgan fingerprint density at radius 2 is 1.67 bits per heavy atom. The zero-order chi connectivity index (χ0) is 24.9. The highest BCUT2D eigenvalue weighted by molar-refractivity contribution is 5.71. The van der Waals surface area contributed by atoms with Gasteiger partial charge in [-0.3, -0.25) is 4.79 Å². The molecular formula is C24H45NO8. The number of nitrogens with two attached hydrogens (primary N) is 1. The van der Waals surface area contributed by atoms with Crippen LogP contribution in [0, 0.1) is 5.92 Å². The molecule has 0 spiro atoms. The zero-order valence-electron chi connectivity index (χ0n) is 19.9. The fraction of sp³-hybridized carbons (Fsp3) is 0.875. The Balaban J connectivity index is 2.34. The van der Waals surface area contributed by atoms with Crippen molar-refractivity contribution in [3.05, 3.63) is 12.2 Å². The maximum absolute atomic E-state index is 11.8. The second-order valence-corrected chi connectivity index (χ2v) is 9.19. The third kappa shape index (κ3) is 9.60. The first kappa shape index (κ1) is 30.0. The Morgan fingerprint density at radius 3 is 2.30 bits per heavy atom. The van der Waals surface area contributed by atoms with E-state index in [9.17, 15) is 35.4 Å². The van der Waals surface area contributed by atoms with Crippen LogP contribution in [0.2, 0.25) is 0 Å². The van der Waals surface area contributed by atoms with Crippen LogP contribution in [0.1, 0.15) is 84.0 Å². The maximum atomic E-state index is 11.8. The van der Waals surface area contributed by atoms with E-state index in [1.807, 2.05) is 6.08 Å². The topological polar surface area (TPSA) is 174 Å². The number of rotatable bonds is 17. The average molecular weight is 476 g/mol. The van der Waals surface area contributed by atoms with Gasteiger partial charge < -0.3 is 41.1 Å². The van der Waals surface area contributed by atoms with Crippen LogP contribution >= 0.6 is 0 Å². The predicted molar refractivity (Wildman–Crippen MR) is 124 cm³/mol. The fourth-order valence-corrected chi connectivity index (χ4v) is 4.29. The van der Waals surface area contributed by atoms with Crippen molar-refractivity contribution >= 4 is 5.97 Å². The molecule has 1 rings (SSSR count). The minimum atomic E-state index is -2.39. The van der Waals surface area contributed by atoms with E-state index in [1.54, 1.807) is 0 Å². The molecule has 1 heterocycles. The van der Waals surface area contributed by atoms with Gasteiger partial charge in [0.1, 0.15) is 24.2 Å². The number of carboxylic acids is 1. The van der Waals surface area contributed by atoms with E-state index < -0.39 is 48.6 Å². The molecule has 1 aliphatic rings. The Kier molecular flexibility index (Phi) is 14.3. The molecule has 1 saturated heterocycles. The van der Waals surface area contributed by atoms with Crippen molar-refractivity contribution in [3.8, 4) is 0 Å². The monoisotopic (exact) mass is 475 g/mol. The first-order valence-electron chi connectivity index (χ1n) is 12.4. The summed E-state index contributed by atoms with van der Waals surface area (Å²) in [6, 6.07) is -1.52. The molecule has 0 aliphatic carbocycles. The highest BCUT2D eigenvalue weighted by Gasteiger charge is 2.57. The standard InChI is InChI=1S/C24H45NO8/c1-2-3-4-10-13-17(27)14-11-8-6-5-7-9-12-15-18(23(30)31)24(32)22(25)21(29)20(28)19(16-26)33-24/h8,11,17-22,26-29,32H,2-7,9-10,12-16,25H2,1H3,(H,30,31)/b11-8+/t17?,18?,19-,20-,21+,22-,24+/m1/s1. The maximum Gasteiger partial charge on any atom is 0.312 e. The van der Waals surface area contributed by atoms with E-state index in [4.69, 9.17) is 10.5 Å². The number of unbranched alkanes of at least 4 members (excludes halogenated alkanes) is 7. The van der Waals surface area contributed by atoms with Crippen LogP contribution in [0.3, 0.4) is 0 Å². The van der Waals surface area contributed by atoms with Crippen molar-refractivity contribution < 1.29 is 40.2 Å². The number of allylic oxidation sites excluding steroid dienone is 1. The van der Waals surface area contributed by atoms with E-state index in [1.165, 1.54) is 19.3 Å². The lowest BCUT2D eigenvalue weighted by Gasteiger charge is -2.48. The molecule has 2 unspecified atom stereocenters. The second kappa shape index (κ2) is 15.8. The van der Waals surface area contributed by atoms with Gasteiger partial charge in [0.2, 0.25) is 0 Å². The fourth-order valence-electron chi connectivity index (χ4n) is 4.29. The molecule has 0 amide bonds. The average Bonchev–Trinajstić information content (AvgIpc) is 2.78. The summed E-state index contributed by atoms with van der Waals surface area (Å²) >= 11 is 0. The summed E-state index contributed by atoms with van der Waals surface area (Å²) in [4.78, 5) is 11.8. The summed E-state index contributed by atoms with van der Waals surface area (Å²) in [5.74, 6) is -5.11. The van der Waals surface area contributed by atoms with Gasteiger partial charge in [0.25, 0.3) is 0 Å². The van der Waals surface area contributed by atoms with E-state index in [0.29, 0.717) is 12.8 Å². The number of carboxylic acid groups (broad SMARTS) is 1. The largest absolute Gasteiger partial charge is 0.481 e. The van der Waals surface area contributed by atoms with Crippen molar-refractivity contribution in [2.24, 2.45) is 11.7 Å². The number of hydrogen-bond donors (Lipinski definition) is 7. The van der Waals surface area contributed by atoms with Crippen molar-refractivity contribution in [1.82, 2.24) is 0 Å². The third-order valence-corrected chi connectivity index (χ3v) is 6.47. The van der Waals surface area contributed by atoms with Crippen LogP contribution in [-0.2, 0) is 9.53 Å². The molecule has 0 aromatic rings. The molecular weight excluding hydrogens is 430 g/mol. The van der Waals surface area contributed by atoms with Gasteiger partial charge in [-0.25, -0.2) is 0 Å². The van der Waals surface area contributed by atoms with E-state index in [-0.39, 0.29) is 12.5 Å². The SMILES string of the molecule is CCCCCCC(O)C/C=C/CCCCCCC(C(=O)O)[C@]1(O)O[C@H](CO)[C@@H](O)[C@H](O)[C@H]1N. The third-order valence-electron chi connectivity index (χ3n) is 6.47. The van der Waals surface area contributed by atoms with Crippen LogP contribution in [-0.4, -0.2) is 79.5 Å². The van der Waals surface area contributed by atoms with Gasteiger partial charge in [-0.15, -0.1) is 0 Å². The number of ether oxygens (including phenoxy) is 1. The van der Waals surface area contributed by atoms with E-state index in [0.717, 1.165) is 38.5 Å². The summed E-state index contributed by atoms with van der Waals surface area (Å²) < 4.78 is 5.28. The Labute approximate surface area is 197 Å². The molecule has 0 aromatic heterocycles. The zero-order valence-corrected chi connectivity index (χ0v) is 19.9. The summed E-state index contributed by atoms with van der Waals surface area (Å²) in [7, 11) is 0. The Hall–Kier alpha value is -1.07. The summed E-state index contributed by atoms with van der Waals surface area (Å²) in [5.41, 5.74) is 5.81. The van der Waals surface area contributed by atoms with E-state index >= 15 is 0 Å². The lowest BCUT2D eigenvalue weighted by molar-refractivity contribution is -0.332. The van der Waals surface area contributed by atoms with Crippen molar-refractivity contribution in [2.75, 3.05) is 6.61 Å². The molecule has 7 atom stereocenters. The molecule has 33 heavy (non-hydrogen) atoms. The molecule has 0 radical (unpaired) electrons. The summed E-state index contributed by atoms with van der Waals surface area (Å²) in [5, 5.41) is 59.7. The Bertz CT molecular complexity index is 573. The molecule has 1 fully saturated rings. The molecule has 9 nitrogen and oxygen atoms in total. The normalized spacial score (nSPS) is 29.9. The van der Waals surface area contributed by atoms with Gasteiger partial charge in [0, 0.05) is 0 Å². The molecule has 0 saturated carbocycles. The van der Waals surface area contributed by atoms with Crippen LogP contribution < -0.4 is 5.73 Å². The quantitative estimate of drug-likeness (QED) is 0.121. The number of hydrogen-bond acceptors (Lipinski definition) is 8. The molecule has 194 valence electrons. The number of carbonyl (C=O) groups is 1. The number of aliphatic hydroxyl groups is 5. The van der Waals surface area contributed by atoms with Crippen molar-refractivity contribution in [3.63, 3.8) is 0 Å². The van der Waals surface area contributed by atoms with Gasteiger partial charge in [-0.1, -0.05) is 64.0 Å². The first-order chi connectivity index (χ1) is 15.7. The summed E-state index contributed by atoms with van der Waals surface area (Å²) in [6.45, 7) is 1.47. The highest BCUT2D eigenvalue weighted by atomic mass is 16.7. The lowest BCUT2D eigenvalue weighted by Crippen LogP contribution is -2.71. The van der Waals surface area contributed by atoms with Crippen molar-refractivity contribution in [2.45, 2.75) is 120 Å². The predicted octanol–water partition coefficient (Wildman–Crippen LogP) is 1.43. The number of aliphatic carboxylic acids is 1. The minimum Gasteiger partial charge on any atom is -0.481 e. The van der Waals surface area contributed by atoms with Gasteiger partial charge in [-0.05, 0) is 32.1 Å². The second-order valence-electron chi connectivity index (χ2n) is 9.19. The van der Waals surface area contributed by atoms with E-state index in [2.05, 4.69) is 13.0 Å². The molecule has 0 aromatic carbocycles. The van der Waals surface area contributed by atoms with Crippen LogP contribution in [0.5, 0.6) is 0 Å². The highest BCUT2D eigenvalue weighted by Crippen LogP contribution is 2.35. The smallest absolute Gasteiger partial charge is 0.312 e. The first-order valence-corrected chi connectivity index (χ1v) is 12.4. The molecule has 8 N–H and O–H groups in total. The minimum absolute atomic E-state index is 0.0839. The molecule has 9 heteroatoms.